The number of pyridine rings is 1. The molecule has 0 spiro atoms. The number of aliphatic hydroxyl groups is 1. The molecule has 1 aromatic heterocycles. The summed E-state index contributed by atoms with van der Waals surface area (Å²) < 4.78 is 0. The highest BCUT2D eigenvalue weighted by atomic mass is 16.3. The molecule has 0 saturated carbocycles. The molecule has 1 aliphatic rings. The molecule has 0 radical (unpaired) electrons. The van der Waals surface area contributed by atoms with E-state index in [-0.39, 0.29) is 11.8 Å². The Bertz CT molecular complexity index is 411. The number of aromatic nitrogens is 1. The molecule has 0 bridgehead atoms. The maximum Gasteiger partial charge on any atom is 0.223 e. The summed E-state index contributed by atoms with van der Waals surface area (Å²) in [6, 6.07) is 3.85. The predicted octanol–water partition coefficient (Wildman–Crippen LogP) is 1.24. The number of nitrogens with zero attached hydrogens (tertiary/aromatic N) is 2. The van der Waals surface area contributed by atoms with Crippen molar-refractivity contribution in [3.8, 4) is 0 Å². The van der Waals surface area contributed by atoms with Gasteiger partial charge in [-0.1, -0.05) is 19.9 Å². The van der Waals surface area contributed by atoms with E-state index in [1.54, 1.807) is 17.3 Å². The van der Waals surface area contributed by atoms with Crippen LogP contribution in [0.25, 0.3) is 0 Å². The molecule has 2 heterocycles. The Morgan fingerprint density at radius 1 is 1.56 bits per heavy atom. The number of hydrogen-bond donors (Lipinski definition) is 1. The van der Waals surface area contributed by atoms with Crippen molar-refractivity contribution in [2.45, 2.75) is 32.3 Å². The Balaban J connectivity index is 1.78. The molecule has 4 nitrogen and oxygen atoms in total. The quantitative estimate of drug-likeness (QED) is 0.872. The minimum Gasteiger partial charge on any atom is -0.386 e. The Morgan fingerprint density at radius 3 is 2.83 bits per heavy atom. The highest BCUT2D eigenvalue weighted by molar-refractivity contribution is 5.77. The minimum atomic E-state index is -0.677. The van der Waals surface area contributed by atoms with Gasteiger partial charge in [0.15, 0.2) is 0 Å². The lowest BCUT2D eigenvalue weighted by Gasteiger charge is -2.49. The van der Waals surface area contributed by atoms with Crippen molar-refractivity contribution in [3.05, 3.63) is 30.1 Å². The lowest BCUT2D eigenvalue weighted by Crippen LogP contribution is -2.65. The number of rotatable bonds is 4. The van der Waals surface area contributed by atoms with Gasteiger partial charge in [-0.3, -0.25) is 9.78 Å². The van der Waals surface area contributed by atoms with Crippen LogP contribution in [0.3, 0.4) is 0 Å². The summed E-state index contributed by atoms with van der Waals surface area (Å²) in [6.45, 7) is 4.90. The molecule has 0 unspecified atom stereocenters. The van der Waals surface area contributed by atoms with Crippen molar-refractivity contribution in [2.75, 3.05) is 13.1 Å². The third kappa shape index (κ3) is 2.70. The first-order valence-corrected chi connectivity index (χ1v) is 6.40. The van der Waals surface area contributed by atoms with Gasteiger partial charge in [0, 0.05) is 18.8 Å². The van der Waals surface area contributed by atoms with Crippen LogP contribution in [0.5, 0.6) is 0 Å². The number of carbonyl (C=O) groups excluding carboxylic acids is 1. The van der Waals surface area contributed by atoms with E-state index in [0.717, 1.165) is 5.56 Å². The van der Waals surface area contributed by atoms with Gasteiger partial charge in [0.25, 0.3) is 0 Å². The van der Waals surface area contributed by atoms with Gasteiger partial charge in [0.1, 0.15) is 5.60 Å². The predicted molar refractivity (Wildman–Crippen MR) is 68.9 cm³/mol. The zero-order valence-corrected chi connectivity index (χ0v) is 11.0. The van der Waals surface area contributed by atoms with Crippen LogP contribution < -0.4 is 0 Å². The van der Waals surface area contributed by atoms with E-state index in [2.05, 4.69) is 4.98 Å². The normalized spacial score (nSPS) is 17.7. The molecular formula is C14H20N2O2. The summed E-state index contributed by atoms with van der Waals surface area (Å²) in [5.74, 6) is 0.309. The monoisotopic (exact) mass is 248 g/mol. The highest BCUT2D eigenvalue weighted by Gasteiger charge is 2.45. The first kappa shape index (κ1) is 13.0. The van der Waals surface area contributed by atoms with Crippen molar-refractivity contribution < 1.29 is 9.90 Å². The number of likely N-dealkylation sites (tertiary alicyclic amines) is 1. The number of aryl methyl sites for hydroxylation is 1. The highest BCUT2D eigenvalue weighted by Crippen LogP contribution is 2.29. The van der Waals surface area contributed by atoms with E-state index < -0.39 is 5.60 Å². The van der Waals surface area contributed by atoms with Gasteiger partial charge in [-0.25, -0.2) is 0 Å². The van der Waals surface area contributed by atoms with Crippen molar-refractivity contribution in [3.63, 3.8) is 0 Å². The Labute approximate surface area is 108 Å². The van der Waals surface area contributed by atoms with Crippen LogP contribution in [-0.4, -0.2) is 39.6 Å². The molecule has 1 N–H and O–H groups in total. The zero-order valence-electron chi connectivity index (χ0n) is 11.0. The molecule has 1 saturated heterocycles. The number of β-amino-alcohol motifs (C(OH)–C–C–N with tert-alkyl or cyclic N) is 1. The van der Waals surface area contributed by atoms with Gasteiger partial charge in [-0.15, -0.1) is 0 Å². The molecule has 0 atom stereocenters. The van der Waals surface area contributed by atoms with E-state index in [9.17, 15) is 9.90 Å². The van der Waals surface area contributed by atoms with Crippen molar-refractivity contribution in [2.24, 2.45) is 5.92 Å². The van der Waals surface area contributed by atoms with E-state index in [4.69, 9.17) is 0 Å². The van der Waals surface area contributed by atoms with E-state index >= 15 is 0 Å². The van der Waals surface area contributed by atoms with Crippen LogP contribution >= 0.6 is 0 Å². The minimum absolute atomic E-state index is 0.115. The van der Waals surface area contributed by atoms with Crippen molar-refractivity contribution in [1.82, 2.24) is 9.88 Å². The lowest BCUT2D eigenvalue weighted by molar-refractivity contribution is -0.163. The molecule has 1 fully saturated rings. The molecule has 0 aromatic carbocycles. The zero-order chi connectivity index (χ0) is 13.2. The first-order valence-electron chi connectivity index (χ1n) is 6.40. The van der Waals surface area contributed by atoms with Crippen LogP contribution in [0.1, 0.15) is 25.8 Å². The summed E-state index contributed by atoms with van der Waals surface area (Å²) in [5, 5.41) is 10.1. The second-order valence-electron chi connectivity index (χ2n) is 5.37. The Morgan fingerprint density at radius 2 is 2.28 bits per heavy atom. The summed E-state index contributed by atoms with van der Waals surface area (Å²) in [7, 11) is 0. The summed E-state index contributed by atoms with van der Waals surface area (Å²) >= 11 is 0. The first-order chi connectivity index (χ1) is 8.51. The summed E-state index contributed by atoms with van der Waals surface area (Å²) in [4.78, 5) is 17.7. The molecule has 2 rings (SSSR count). The molecule has 18 heavy (non-hydrogen) atoms. The third-order valence-electron chi connectivity index (χ3n) is 3.71. The molecule has 0 aliphatic carbocycles. The molecule has 1 amide bonds. The molecule has 1 aromatic rings. The topological polar surface area (TPSA) is 53.4 Å². The van der Waals surface area contributed by atoms with Gasteiger partial charge in [0.2, 0.25) is 5.91 Å². The fourth-order valence-corrected chi connectivity index (χ4v) is 2.11. The second kappa shape index (κ2) is 5.06. The van der Waals surface area contributed by atoms with Crippen LogP contribution in [0.4, 0.5) is 0 Å². The van der Waals surface area contributed by atoms with Gasteiger partial charge in [-0.2, -0.15) is 0 Å². The standard InChI is InChI=1S/C14H20N2O2/c1-11(2)14(18)9-16(10-14)13(17)6-5-12-4-3-7-15-8-12/h3-4,7-8,11,18H,5-6,9-10H2,1-2H3. The fraction of sp³-hybridized carbons (Fsp3) is 0.571. The average Bonchev–Trinajstić information content (AvgIpc) is 2.33. The van der Waals surface area contributed by atoms with Crippen LogP contribution in [0.2, 0.25) is 0 Å². The van der Waals surface area contributed by atoms with E-state index in [1.165, 1.54) is 0 Å². The largest absolute Gasteiger partial charge is 0.386 e. The van der Waals surface area contributed by atoms with Gasteiger partial charge >= 0.3 is 0 Å². The van der Waals surface area contributed by atoms with Gasteiger partial charge in [0.05, 0.1) is 13.1 Å². The number of carbonyl (C=O) groups is 1. The van der Waals surface area contributed by atoms with Crippen molar-refractivity contribution in [1.29, 1.82) is 0 Å². The average molecular weight is 248 g/mol. The SMILES string of the molecule is CC(C)C1(O)CN(C(=O)CCc2cccnc2)C1. The summed E-state index contributed by atoms with van der Waals surface area (Å²) in [6.07, 6.45) is 4.71. The van der Waals surface area contributed by atoms with Gasteiger partial charge in [-0.05, 0) is 24.0 Å². The maximum atomic E-state index is 11.9. The summed E-state index contributed by atoms with van der Waals surface area (Å²) in [5.41, 5.74) is 0.398. The van der Waals surface area contributed by atoms with E-state index in [1.807, 2.05) is 26.0 Å². The Kier molecular flexibility index (Phi) is 3.66. The van der Waals surface area contributed by atoms with Crippen LogP contribution in [-0.2, 0) is 11.2 Å². The Hall–Kier alpha value is -1.42. The number of amides is 1. The number of hydrogen-bond acceptors (Lipinski definition) is 3. The second-order valence-corrected chi connectivity index (χ2v) is 5.37. The van der Waals surface area contributed by atoms with E-state index in [0.29, 0.717) is 25.9 Å². The molecule has 98 valence electrons. The van der Waals surface area contributed by atoms with Crippen LogP contribution in [0.15, 0.2) is 24.5 Å². The maximum absolute atomic E-state index is 11.9. The fourth-order valence-electron chi connectivity index (χ4n) is 2.11. The molecular weight excluding hydrogens is 228 g/mol. The van der Waals surface area contributed by atoms with Crippen molar-refractivity contribution >= 4 is 5.91 Å². The molecule has 4 heteroatoms. The lowest BCUT2D eigenvalue weighted by atomic mass is 9.83. The molecule has 1 aliphatic heterocycles. The van der Waals surface area contributed by atoms with Gasteiger partial charge < -0.3 is 10.0 Å². The van der Waals surface area contributed by atoms with Crippen LogP contribution in [0, 0.1) is 5.92 Å². The third-order valence-corrected chi connectivity index (χ3v) is 3.71. The smallest absolute Gasteiger partial charge is 0.223 e.